The van der Waals surface area contributed by atoms with Crippen LogP contribution in [0.15, 0.2) is 36.5 Å². The predicted octanol–water partition coefficient (Wildman–Crippen LogP) is 4.54. The lowest BCUT2D eigenvalue weighted by molar-refractivity contribution is 0.865. The molecule has 0 aromatic carbocycles. The van der Waals surface area contributed by atoms with Gasteiger partial charge in [0.1, 0.15) is 0 Å². The smallest absolute Gasteiger partial charge is 0.0624 e. The van der Waals surface area contributed by atoms with Crippen molar-refractivity contribution in [2.45, 2.75) is 45.4 Å². The van der Waals surface area contributed by atoms with Gasteiger partial charge in [0, 0.05) is 6.42 Å². The van der Waals surface area contributed by atoms with Crippen LogP contribution in [0.5, 0.6) is 0 Å². The highest BCUT2D eigenvalue weighted by molar-refractivity contribution is 4.94. The Morgan fingerprint density at radius 3 is 2.27 bits per heavy atom. The summed E-state index contributed by atoms with van der Waals surface area (Å²) < 4.78 is 0. The first-order chi connectivity index (χ1) is 7.41. The fraction of sp³-hybridized carbons (Fsp3) is 0.500. The summed E-state index contributed by atoms with van der Waals surface area (Å²) in [4.78, 5) is 0. The van der Waals surface area contributed by atoms with E-state index in [2.05, 4.69) is 49.4 Å². The summed E-state index contributed by atoms with van der Waals surface area (Å²) in [5, 5.41) is 8.31. The van der Waals surface area contributed by atoms with Gasteiger partial charge in [0.15, 0.2) is 0 Å². The van der Waals surface area contributed by atoms with Gasteiger partial charge in [0.2, 0.25) is 0 Å². The molecule has 0 amide bonds. The summed E-state index contributed by atoms with van der Waals surface area (Å²) in [5.41, 5.74) is 0. The molecule has 0 saturated carbocycles. The van der Waals surface area contributed by atoms with Crippen LogP contribution in [-0.4, -0.2) is 0 Å². The third-order valence-electron chi connectivity index (χ3n) is 2.01. The molecule has 0 aromatic heterocycles. The molecule has 0 bridgehead atoms. The molecule has 0 aromatic rings. The van der Waals surface area contributed by atoms with Crippen molar-refractivity contribution in [3.8, 4) is 6.07 Å². The minimum atomic E-state index is 0.629. The SMILES string of the molecule is C/C=C/CCC/C=C/C/C=C/CCC#N. The third kappa shape index (κ3) is 12.7. The van der Waals surface area contributed by atoms with E-state index in [1.807, 2.05) is 0 Å². The van der Waals surface area contributed by atoms with Crippen molar-refractivity contribution in [2.24, 2.45) is 0 Å². The Labute approximate surface area is 93.8 Å². The van der Waals surface area contributed by atoms with Crippen LogP contribution in [0.25, 0.3) is 0 Å². The van der Waals surface area contributed by atoms with E-state index in [0.29, 0.717) is 6.42 Å². The van der Waals surface area contributed by atoms with Gasteiger partial charge in [0.05, 0.1) is 6.07 Å². The maximum absolute atomic E-state index is 8.31. The second kappa shape index (κ2) is 12.7. The van der Waals surface area contributed by atoms with Crippen molar-refractivity contribution in [3.63, 3.8) is 0 Å². The van der Waals surface area contributed by atoms with E-state index in [0.717, 1.165) is 19.3 Å². The normalized spacial score (nSPS) is 11.7. The molecule has 0 aliphatic rings. The molecular weight excluding hydrogens is 182 g/mol. The van der Waals surface area contributed by atoms with Crippen LogP contribution in [0.4, 0.5) is 0 Å². The number of nitrogens with zero attached hydrogens (tertiary/aromatic N) is 1. The molecule has 0 aliphatic heterocycles. The van der Waals surface area contributed by atoms with Gasteiger partial charge in [-0.15, -0.1) is 0 Å². The average molecular weight is 203 g/mol. The minimum Gasteiger partial charge on any atom is -0.198 e. The van der Waals surface area contributed by atoms with Gasteiger partial charge in [0.25, 0.3) is 0 Å². The molecule has 0 atom stereocenters. The Morgan fingerprint density at radius 2 is 1.60 bits per heavy atom. The summed E-state index contributed by atoms with van der Waals surface area (Å²) >= 11 is 0. The van der Waals surface area contributed by atoms with Gasteiger partial charge < -0.3 is 0 Å². The van der Waals surface area contributed by atoms with Crippen molar-refractivity contribution >= 4 is 0 Å². The fourth-order valence-corrected chi connectivity index (χ4v) is 1.17. The number of hydrogen-bond acceptors (Lipinski definition) is 1. The Morgan fingerprint density at radius 1 is 0.933 bits per heavy atom. The summed E-state index contributed by atoms with van der Waals surface area (Å²) in [7, 11) is 0. The number of allylic oxidation sites excluding steroid dienone is 6. The van der Waals surface area contributed by atoms with Crippen LogP contribution < -0.4 is 0 Å². The molecule has 0 spiro atoms. The molecule has 1 heteroatoms. The lowest BCUT2D eigenvalue weighted by Gasteiger charge is -1.89. The van der Waals surface area contributed by atoms with Gasteiger partial charge in [-0.2, -0.15) is 5.26 Å². The monoisotopic (exact) mass is 203 g/mol. The van der Waals surface area contributed by atoms with Crippen LogP contribution in [0.2, 0.25) is 0 Å². The van der Waals surface area contributed by atoms with Gasteiger partial charge in [-0.25, -0.2) is 0 Å². The van der Waals surface area contributed by atoms with Crippen LogP contribution >= 0.6 is 0 Å². The first kappa shape index (κ1) is 13.7. The molecular formula is C14H21N. The molecule has 0 fully saturated rings. The third-order valence-corrected chi connectivity index (χ3v) is 2.01. The van der Waals surface area contributed by atoms with E-state index in [1.54, 1.807) is 0 Å². The average Bonchev–Trinajstić information content (AvgIpc) is 2.26. The number of hydrogen-bond donors (Lipinski definition) is 0. The highest BCUT2D eigenvalue weighted by Gasteiger charge is 1.79. The summed E-state index contributed by atoms with van der Waals surface area (Å²) in [5.74, 6) is 0. The molecule has 0 aliphatic carbocycles. The second-order valence-electron chi connectivity index (χ2n) is 3.38. The van der Waals surface area contributed by atoms with E-state index in [-0.39, 0.29) is 0 Å². The van der Waals surface area contributed by atoms with Crippen molar-refractivity contribution in [2.75, 3.05) is 0 Å². The quantitative estimate of drug-likeness (QED) is 0.419. The van der Waals surface area contributed by atoms with Crippen LogP contribution in [0, 0.1) is 11.3 Å². The molecule has 0 saturated heterocycles. The van der Waals surface area contributed by atoms with Gasteiger partial charge in [-0.05, 0) is 39.0 Å². The van der Waals surface area contributed by atoms with Crippen molar-refractivity contribution in [3.05, 3.63) is 36.5 Å². The van der Waals surface area contributed by atoms with E-state index in [4.69, 9.17) is 5.26 Å². The van der Waals surface area contributed by atoms with Crippen LogP contribution in [-0.2, 0) is 0 Å². The molecule has 0 rings (SSSR count). The van der Waals surface area contributed by atoms with Crippen LogP contribution in [0.1, 0.15) is 45.4 Å². The van der Waals surface area contributed by atoms with Crippen molar-refractivity contribution < 1.29 is 0 Å². The molecule has 1 nitrogen and oxygen atoms in total. The highest BCUT2D eigenvalue weighted by Crippen LogP contribution is 1.99. The topological polar surface area (TPSA) is 23.8 Å². The Hall–Kier alpha value is -1.29. The summed E-state index contributed by atoms with van der Waals surface area (Å²) in [6, 6.07) is 2.12. The summed E-state index contributed by atoms with van der Waals surface area (Å²) in [6.07, 6.45) is 19.0. The molecule has 82 valence electrons. The molecule has 15 heavy (non-hydrogen) atoms. The number of nitriles is 1. The van der Waals surface area contributed by atoms with Crippen molar-refractivity contribution in [1.29, 1.82) is 5.26 Å². The fourth-order valence-electron chi connectivity index (χ4n) is 1.17. The molecule has 0 N–H and O–H groups in total. The maximum atomic E-state index is 8.31. The first-order valence-electron chi connectivity index (χ1n) is 5.70. The zero-order chi connectivity index (χ0) is 11.2. The van der Waals surface area contributed by atoms with E-state index in [1.165, 1.54) is 12.8 Å². The van der Waals surface area contributed by atoms with Crippen molar-refractivity contribution in [1.82, 2.24) is 0 Å². The first-order valence-corrected chi connectivity index (χ1v) is 5.70. The summed E-state index contributed by atoms with van der Waals surface area (Å²) in [6.45, 7) is 2.06. The van der Waals surface area contributed by atoms with E-state index in [9.17, 15) is 0 Å². The zero-order valence-electron chi connectivity index (χ0n) is 9.65. The Bertz CT molecular complexity index is 241. The van der Waals surface area contributed by atoms with E-state index >= 15 is 0 Å². The van der Waals surface area contributed by atoms with Gasteiger partial charge >= 0.3 is 0 Å². The van der Waals surface area contributed by atoms with E-state index < -0.39 is 0 Å². The lowest BCUT2D eigenvalue weighted by Crippen LogP contribution is -1.69. The van der Waals surface area contributed by atoms with Gasteiger partial charge in [-0.1, -0.05) is 36.5 Å². The molecule has 0 heterocycles. The highest BCUT2D eigenvalue weighted by atomic mass is 14.2. The largest absolute Gasteiger partial charge is 0.198 e. The lowest BCUT2D eigenvalue weighted by atomic mass is 10.2. The Kier molecular flexibility index (Phi) is 11.6. The second-order valence-corrected chi connectivity index (χ2v) is 3.38. The van der Waals surface area contributed by atoms with Crippen LogP contribution in [0.3, 0.4) is 0 Å². The molecule has 0 radical (unpaired) electrons. The zero-order valence-corrected chi connectivity index (χ0v) is 9.65. The predicted molar refractivity (Wildman–Crippen MR) is 66.4 cm³/mol. The Balaban J connectivity index is 3.24. The maximum Gasteiger partial charge on any atom is 0.0624 e. The minimum absolute atomic E-state index is 0.629. The standard InChI is InChI=1S/C14H21N/c1-2-3-4-5-6-7-8-9-10-11-12-13-14-15/h2-3,7-8,10-11H,4-6,9,12-13H2,1H3/b3-2+,8-7+,11-10+. The number of rotatable bonds is 8. The van der Waals surface area contributed by atoms with Gasteiger partial charge in [-0.3, -0.25) is 0 Å². The number of unbranched alkanes of at least 4 members (excludes halogenated alkanes) is 3. The molecule has 0 unspecified atom stereocenters.